The zero-order chi connectivity index (χ0) is 79.9. The Morgan fingerprint density at radius 3 is 1.15 bits per heavy atom. The normalized spacial score (nSPS) is 13.4. The van der Waals surface area contributed by atoms with E-state index in [0.29, 0.717) is 0 Å². The minimum Gasteiger partial charge on any atom is -0.311 e. The van der Waals surface area contributed by atoms with Gasteiger partial charge in [-0.15, -0.1) is 0 Å². The molecule has 115 heavy (non-hydrogen) atoms. The number of hydrogen-bond acceptors (Lipinski definition) is 1. The van der Waals surface area contributed by atoms with Gasteiger partial charge in [0.25, 0.3) is 0 Å². The molecule has 10 aromatic carbocycles. The molecule has 0 bridgehead atoms. The number of benzene rings is 10. The van der Waals surface area contributed by atoms with E-state index in [2.05, 4.69) is 284 Å². The molecule has 0 fully saturated rings. The van der Waals surface area contributed by atoms with Crippen molar-refractivity contribution < 1.29 is 0 Å². The van der Waals surface area contributed by atoms with Crippen LogP contribution in [0.5, 0.6) is 0 Å². The van der Waals surface area contributed by atoms with Gasteiger partial charge in [0.05, 0.1) is 22.1 Å². The molecule has 0 atom stereocenters. The number of unbranched alkanes of at least 4 members (excludes halogenated alkanes) is 26. The molecule has 3 nitrogen and oxygen atoms in total. The molecule has 14 rings (SSSR count). The second-order valence-electron chi connectivity index (χ2n) is 36.8. The Balaban J connectivity index is 0.944. The molecule has 12 aromatic rings. The van der Waals surface area contributed by atoms with Gasteiger partial charge >= 0.3 is 0 Å². The summed E-state index contributed by atoms with van der Waals surface area (Å²) in [7, 11) is 0. The molecule has 0 amide bonds. The van der Waals surface area contributed by atoms with Gasteiger partial charge in [-0.2, -0.15) is 0 Å². The highest BCUT2D eigenvalue weighted by atomic mass is 15.1. The van der Waals surface area contributed by atoms with Crippen LogP contribution in [0, 0.1) is 13.8 Å². The van der Waals surface area contributed by atoms with Gasteiger partial charge in [0, 0.05) is 60.8 Å². The maximum absolute atomic E-state index is 2.82. The first-order valence-corrected chi connectivity index (χ1v) is 46.9. The van der Waals surface area contributed by atoms with E-state index in [4.69, 9.17) is 0 Å². The largest absolute Gasteiger partial charge is 0.311 e. The molecular formula is C112H141N3. The molecule has 604 valence electrons. The zero-order valence-corrected chi connectivity index (χ0v) is 73.2. The van der Waals surface area contributed by atoms with Crippen LogP contribution < -0.4 is 4.90 Å². The zero-order valence-electron chi connectivity index (χ0n) is 73.2. The first-order valence-electron chi connectivity index (χ1n) is 46.9. The van der Waals surface area contributed by atoms with Crippen LogP contribution in [0.1, 0.15) is 344 Å². The third-order valence-corrected chi connectivity index (χ3v) is 27.4. The van der Waals surface area contributed by atoms with Gasteiger partial charge < -0.3 is 14.0 Å². The van der Waals surface area contributed by atoms with Crippen molar-refractivity contribution in [3.8, 4) is 44.8 Å². The highest BCUT2D eigenvalue weighted by Crippen LogP contribution is 2.59. The fraction of sp³-hybridized carbons (Fsp3) is 0.464. The second kappa shape index (κ2) is 38.8. The van der Waals surface area contributed by atoms with Gasteiger partial charge in [-0.1, -0.05) is 357 Å². The molecule has 2 aliphatic rings. The Kier molecular flexibility index (Phi) is 28.0. The summed E-state index contributed by atoms with van der Waals surface area (Å²) < 4.78 is 5.45. The molecule has 0 spiro atoms. The minimum absolute atomic E-state index is 0.0201. The minimum atomic E-state index is -0.155. The van der Waals surface area contributed by atoms with Crippen LogP contribution in [-0.2, 0) is 29.1 Å². The molecule has 0 unspecified atom stereocenters. The molecule has 0 aliphatic heterocycles. The van der Waals surface area contributed by atoms with Crippen LogP contribution >= 0.6 is 0 Å². The third kappa shape index (κ3) is 17.9. The molecule has 0 saturated heterocycles. The summed E-state index contributed by atoms with van der Waals surface area (Å²) in [5.41, 5.74) is 33.5. The number of para-hydroxylation sites is 2. The van der Waals surface area contributed by atoms with Crippen LogP contribution in [0.2, 0.25) is 0 Å². The molecule has 0 saturated carbocycles. The van der Waals surface area contributed by atoms with Crippen molar-refractivity contribution in [3.63, 3.8) is 0 Å². The van der Waals surface area contributed by atoms with Gasteiger partial charge in [0.15, 0.2) is 0 Å². The highest BCUT2D eigenvalue weighted by Gasteiger charge is 2.45. The Labute approximate surface area is 695 Å². The smallest absolute Gasteiger partial charge is 0.0544 e. The summed E-state index contributed by atoms with van der Waals surface area (Å²) in [5, 5.41) is 5.45. The van der Waals surface area contributed by atoms with Gasteiger partial charge in [-0.25, -0.2) is 0 Å². The average Bonchev–Trinajstić information content (AvgIpc) is 1.53. The second-order valence-corrected chi connectivity index (χ2v) is 36.8. The first-order chi connectivity index (χ1) is 56.3. The maximum Gasteiger partial charge on any atom is 0.0544 e. The van der Waals surface area contributed by atoms with Crippen molar-refractivity contribution in [2.45, 2.75) is 336 Å². The molecule has 0 N–H and O–H groups in total. The number of aryl methyl sites for hydroxylation is 4. The van der Waals surface area contributed by atoms with E-state index in [0.717, 1.165) is 42.7 Å². The predicted octanol–water partition coefficient (Wildman–Crippen LogP) is 34.7. The van der Waals surface area contributed by atoms with Gasteiger partial charge in [-0.05, 0) is 246 Å². The van der Waals surface area contributed by atoms with Crippen LogP contribution in [0.4, 0.5) is 17.1 Å². The van der Waals surface area contributed by atoms with Crippen molar-refractivity contribution in [1.29, 1.82) is 0 Å². The van der Waals surface area contributed by atoms with Crippen LogP contribution in [0.25, 0.3) is 88.4 Å². The monoisotopic (exact) mass is 1530 g/mol. The maximum atomic E-state index is 2.82. The van der Waals surface area contributed by atoms with E-state index in [-0.39, 0.29) is 16.2 Å². The lowest BCUT2D eigenvalue weighted by molar-refractivity contribution is 0.398. The van der Waals surface area contributed by atoms with E-state index in [1.54, 1.807) is 22.3 Å². The quantitative estimate of drug-likeness (QED) is 0.0347. The lowest BCUT2D eigenvalue weighted by atomic mass is 9.70. The van der Waals surface area contributed by atoms with Crippen molar-refractivity contribution in [2.24, 2.45) is 0 Å². The standard InChI is InChI=1S/C112H141N3/c1-12-18-24-30-34-44-70-111(71-45-35-31-25-19-13-2)101-74-83(8)56-68-92(101)97-79-100-95-51-41-43-53-106(95)115(109(100)81-104(97)111)107-77-84(48-38-28-22-16-5)96(75-86(107)49-39-29-23-17-6)85-57-69-93-98-78-99-94-50-40-42-52-105(94)114(108(99)80-103(98)112(102(93)76-85,72-46-36-32-26-20-14-3)73-47-37-33-27-21-15-4)91-66-64-90(65-67-91)113(88-60-54-82(7)55-61-88)89-62-58-87(59-63-89)110(9,10)11/h40-43,50-69,74-81H,12-39,44-49,70-73H2,1-11H3. The number of fused-ring (bicyclic) bond motifs is 12. The van der Waals surface area contributed by atoms with Gasteiger partial charge in [0.2, 0.25) is 0 Å². The number of hydrogen-bond donors (Lipinski definition) is 0. The fourth-order valence-corrected chi connectivity index (χ4v) is 20.9. The van der Waals surface area contributed by atoms with E-state index in [1.165, 1.54) is 334 Å². The number of rotatable bonds is 44. The topological polar surface area (TPSA) is 13.1 Å². The Morgan fingerprint density at radius 2 is 0.670 bits per heavy atom. The number of aromatic nitrogens is 2. The Bertz CT molecular complexity index is 5140. The van der Waals surface area contributed by atoms with E-state index in [1.807, 2.05) is 0 Å². The summed E-state index contributed by atoms with van der Waals surface area (Å²) in [5.74, 6) is 0. The van der Waals surface area contributed by atoms with Crippen LogP contribution in [-0.4, -0.2) is 9.13 Å². The molecule has 0 radical (unpaired) electrons. The third-order valence-electron chi connectivity index (χ3n) is 27.4. The van der Waals surface area contributed by atoms with Crippen molar-refractivity contribution in [3.05, 3.63) is 244 Å². The van der Waals surface area contributed by atoms with Crippen LogP contribution in [0.15, 0.2) is 194 Å². The SMILES string of the molecule is CCCCCCCCC1(CCCCCCCC)c2cc(-c3cc(CCCCCC)c(-n4c5ccccc5c5cc6c(cc54)C(CCCCCCCC)(CCCCCCCC)c4cc(C)ccc4-6)cc3CCCCCC)ccc2-c2cc3c4ccccc4n(-c4ccc(N(c5ccc(C)cc5)c5ccc(C(C)(C)C)cc5)cc4)c3cc21. The van der Waals surface area contributed by atoms with Gasteiger partial charge in [-0.3, -0.25) is 0 Å². The van der Waals surface area contributed by atoms with E-state index < -0.39 is 0 Å². The van der Waals surface area contributed by atoms with Gasteiger partial charge in [0.1, 0.15) is 0 Å². The summed E-state index contributed by atoms with van der Waals surface area (Å²) in [6.45, 7) is 25.7. The summed E-state index contributed by atoms with van der Waals surface area (Å²) in [6, 6.07) is 78.8. The van der Waals surface area contributed by atoms with E-state index in [9.17, 15) is 0 Å². The number of nitrogens with zero attached hydrogens (tertiary/aromatic N) is 3. The van der Waals surface area contributed by atoms with Crippen molar-refractivity contribution in [2.75, 3.05) is 4.90 Å². The van der Waals surface area contributed by atoms with E-state index >= 15 is 0 Å². The molecule has 3 heteroatoms. The first kappa shape index (κ1) is 83.1. The predicted molar refractivity (Wildman–Crippen MR) is 504 cm³/mol. The summed E-state index contributed by atoms with van der Waals surface area (Å²) in [6.07, 6.45) is 48.1. The highest BCUT2D eigenvalue weighted by molar-refractivity contribution is 6.13. The summed E-state index contributed by atoms with van der Waals surface area (Å²) >= 11 is 0. The van der Waals surface area contributed by atoms with Crippen molar-refractivity contribution in [1.82, 2.24) is 9.13 Å². The van der Waals surface area contributed by atoms with Crippen molar-refractivity contribution >= 4 is 60.7 Å². The lowest BCUT2D eigenvalue weighted by Crippen LogP contribution is -2.26. The molecule has 2 aliphatic carbocycles. The Morgan fingerprint density at radius 1 is 0.287 bits per heavy atom. The molecular weight excluding hydrogens is 1390 g/mol. The average molecular weight is 1530 g/mol. The number of anilines is 3. The molecule has 2 aromatic heterocycles. The summed E-state index contributed by atoms with van der Waals surface area (Å²) in [4.78, 5) is 2.43. The van der Waals surface area contributed by atoms with Crippen LogP contribution in [0.3, 0.4) is 0 Å². The Hall–Kier alpha value is -8.40. The molecule has 2 heterocycles. The lowest BCUT2D eigenvalue weighted by Gasteiger charge is -2.33. The fourth-order valence-electron chi connectivity index (χ4n) is 20.9.